The molecule has 3 N–H and O–H groups in total. The largest absolute Gasteiger partial charge is 0.389 e. The Hall–Kier alpha value is -1.70. The van der Waals surface area contributed by atoms with Crippen molar-refractivity contribution < 1.29 is 12.8 Å². The van der Waals surface area contributed by atoms with Crippen LogP contribution in [0.3, 0.4) is 0 Å². The third kappa shape index (κ3) is 3.49. The lowest BCUT2D eigenvalue weighted by Gasteiger charge is -2.12. The first-order valence-corrected chi connectivity index (χ1v) is 7.95. The minimum atomic E-state index is -3.95. The van der Waals surface area contributed by atoms with Crippen molar-refractivity contribution in [3.05, 3.63) is 58.9 Å². The number of halogens is 2. The van der Waals surface area contributed by atoms with Gasteiger partial charge in [-0.05, 0) is 24.3 Å². The van der Waals surface area contributed by atoms with E-state index in [0.29, 0.717) is 0 Å². The molecule has 8 heteroatoms. The zero-order valence-electron chi connectivity index (χ0n) is 10.5. The quantitative estimate of drug-likeness (QED) is 0.836. The first-order valence-electron chi connectivity index (χ1n) is 5.68. The van der Waals surface area contributed by atoms with Gasteiger partial charge in [0.15, 0.2) is 0 Å². The van der Waals surface area contributed by atoms with E-state index in [9.17, 15) is 12.8 Å². The molecule has 110 valence electrons. The molecule has 0 spiro atoms. The predicted octanol–water partition coefficient (Wildman–Crippen LogP) is 2.91. The summed E-state index contributed by atoms with van der Waals surface area (Å²) >= 11 is 10.6. The molecule has 0 aliphatic carbocycles. The van der Waals surface area contributed by atoms with E-state index in [1.807, 2.05) is 0 Å². The van der Waals surface area contributed by atoms with Gasteiger partial charge in [0.05, 0.1) is 15.6 Å². The molecule has 2 rings (SSSR count). The molecule has 0 bridgehead atoms. The monoisotopic (exact) mass is 344 g/mol. The Balaban J connectivity index is 2.46. The van der Waals surface area contributed by atoms with Gasteiger partial charge in [-0.2, -0.15) is 0 Å². The molecule has 21 heavy (non-hydrogen) atoms. The molecule has 0 aliphatic rings. The molecule has 0 fully saturated rings. The van der Waals surface area contributed by atoms with Gasteiger partial charge in [0, 0.05) is 5.56 Å². The number of thiocarbonyl (C=S) groups is 1. The summed E-state index contributed by atoms with van der Waals surface area (Å²) in [5, 5.41) is -0.0496. The van der Waals surface area contributed by atoms with Gasteiger partial charge in [0.1, 0.15) is 10.8 Å². The molecule has 0 saturated carbocycles. The minimum absolute atomic E-state index is 0.0406. The van der Waals surface area contributed by atoms with Crippen molar-refractivity contribution in [3.8, 4) is 0 Å². The van der Waals surface area contributed by atoms with Crippen molar-refractivity contribution in [1.29, 1.82) is 0 Å². The van der Waals surface area contributed by atoms with E-state index >= 15 is 0 Å². The van der Waals surface area contributed by atoms with E-state index in [1.54, 1.807) is 12.1 Å². The zero-order valence-corrected chi connectivity index (χ0v) is 12.9. The molecule has 0 radical (unpaired) electrons. The zero-order chi connectivity index (χ0) is 15.6. The average molecular weight is 345 g/mol. The summed E-state index contributed by atoms with van der Waals surface area (Å²) in [6.07, 6.45) is 0. The van der Waals surface area contributed by atoms with E-state index in [0.717, 1.165) is 12.1 Å². The molecule has 2 aromatic carbocycles. The lowest BCUT2D eigenvalue weighted by Crippen LogP contribution is -2.19. The molecule has 0 aromatic heterocycles. The molecule has 2 aromatic rings. The number of sulfonamides is 1. The smallest absolute Gasteiger partial charge is 0.262 e. The molecular weight excluding hydrogens is 335 g/mol. The van der Waals surface area contributed by atoms with Crippen LogP contribution >= 0.6 is 23.8 Å². The summed E-state index contributed by atoms with van der Waals surface area (Å²) in [5.41, 5.74) is 5.80. The van der Waals surface area contributed by atoms with E-state index in [1.165, 1.54) is 18.2 Å². The normalized spacial score (nSPS) is 11.1. The maximum absolute atomic E-state index is 13.0. The number of hydrogen-bond donors (Lipinski definition) is 2. The van der Waals surface area contributed by atoms with Crippen LogP contribution in [0.5, 0.6) is 0 Å². The summed E-state index contributed by atoms with van der Waals surface area (Å²) < 4.78 is 40.0. The topological polar surface area (TPSA) is 72.2 Å². The minimum Gasteiger partial charge on any atom is -0.389 e. The van der Waals surface area contributed by atoms with Crippen LogP contribution in [0.1, 0.15) is 5.56 Å². The molecule has 0 amide bonds. The van der Waals surface area contributed by atoms with E-state index in [2.05, 4.69) is 4.72 Å². The molecule has 0 atom stereocenters. The molecule has 0 heterocycles. The van der Waals surface area contributed by atoms with E-state index in [4.69, 9.17) is 29.6 Å². The van der Waals surface area contributed by atoms with Crippen LogP contribution in [0.2, 0.25) is 5.02 Å². The summed E-state index contributed by atoms with van der Waals surface area (Å²) in [7, 11) is -3.95. The van der Waals surface area contributed by atoms with Gasteiger partial charge in [0.2, 0.25) is 0 Å². The van der Waals surface area contributed by atoms with E-state index in [-0.39, 0.29) is 26.2 Å². The Morgan fingerprint density at radius 2 is 1.90 bits per heavy atom. The Bertz CT molecular complexity index is 810. The van der Waals surface area contributed by atoms with Crippen molar-refractivity contribution in [2.75, 3.05) is 4.72 Å². The number of hydrogen-bond acceptors (Lipinski definition) is 3. The van der Waals surface area contributed by atoms with Crippen molar-refractivity contribution in [1.82, 2.24) is 0 Å². The van der Waals surface area contributed by atoms with Gasteiger partial charge >= 0.3 is 0 Å². The fraction of sp³-hybridized carbons (Fsp3) is 0. The second kappa shape index (κ2) is 5.97. The lowest BCUT2D eigenvalue weighted by molar-refractivity contribution is 0.601. The van der Waals surface area contributed by atoms with Gasteiger partial charge in [-0.25, -0.2) is 12.8 Å². The van der Waals surface area contributed by atoms with Crippen molar-refractivity contribution in [3.63, 3.8) is 0 Å². The highest BCUT2D eigenvalue weighted by molar-refractivity contribution is 7.93. The Kier molecular flexibility index (Phi) is 4.46. The molecule has 0 unspecified atom stereocenters. The van der Waals surface area contributed by atoms with Crippen LogP contribution in [0, 0.1) is 5.82 Å². The Morgan fingerprint density at radius 3 is 2.52 bits per heavy atom. The fourth-order valence-corrected chi connectivity index (χ4v) is 3.49. The molecule has 4 nitrogen and oxygen atoms in total. The number of benzene rings is 2. The predicted molar refractivity (Wildman–Crippen MR) is 84.5 cm³/mol. The fourth-order valence-electron chi connectivity index (χ4n) is 1.68. The molecular formula is C13H10ClFN2O2S2. The second-order valence-electron chi connectivity index (χ2n) is 4.09. The van der Waals surface area contributed by atoms with Gasteiger partial charge < -0.3 is 5.73 Å². The number of rotatable bonds is 4. The maximum atomic E-state index is 13.0. The van der Waals surface area contributed by atoms with Crippen molar-refractivity contribution >= 4 is 44.5 Å². The SMILES string of the molecule is NC(=S)c1ccccc1S(=O)(=O)Nc1ccc(F)cc1Cl. The van der Waals surface area contributed by atoms with Gasteiger partial charge in [-0.3, -0.25) is 4.72 Å². The van der Waals surface area contributed by atoms with Crippen molar-refractivity contribution in [2.45, 2.75) is 4.90 Å². The third-order valence-electron chi connectivity index (χ3n) is 2.62. The van der Waals surface area contributed by atoms with Crippen LogP contribution < -0.4 is 10.5 Å². The van der Waals surface area contributed by atoms with Crippen LogP contribution in [-0.4, -0.2) is 13.4 Å². The summed E-state index contributed by atoms with van der Waals surface area (Å²) in [6.45, 7) is 0. The second-order valence-corrected chi connectivity index (χ2v) is 6.59. The summed E-state index contributed by atoms with van der Waals surface area (Å²) in [5.74, 6) is -0.563. The highest BCUT2D eigenvalue weighted by Gasteiger charge is 2.20. The van der Waals surface area contributed by atoms with Gasteiger partial charge in [-0.15, -0.1) is 0 Å². The van der Waals surface area contributed by atoms with Gasteiger partial charge in [0.25, 0.3) is 10.0 Å². The van der Waals surface area contributed by atoms with Crippen LogP contribution in [0.4, 0.5) is 10.1 Å². The Labute approximate surface area is 131 Å². The highest BCUT2D eigenvalue weighted by Crippen LogP contribution is 2.26. The number of nitrogens with two attached hydrogens (primary N) is 1. The van der Waals surface area contributed by atoms with Crippen LogP contribution in [0.25, 0.3) is 0 Å². The first-order chi connectivity index (χ1) is 9.81. The molecule has 0 aliphatic heterocycles. The number of anilines is 1. The maximum Gasteiger partial charge on any atom is 0.262 e. The summed E-state index contributed by atoms with van der Waals surface area (Å²) in [4.78, 5) is -0.112. The van der Waals surface area contributed by atoms with Crippen LogP contribution in [-0.2, 0) is 10.0 Å². The van der Waals surface area contributed by atoms with Gasteiger partial charge in [-0.1, -0.05) is 42.0 Å². The van der Waals surface area contributed by atoms with Crippen molar-refractivity contribution in [2.24, 2.45) is 5.73 Å². The summed E-state index contributed by atoms with van der Waals surface area (Å²) in [6, 6.07) is 9.39. The standard InChI is InChI=1S/C13H10ClFN2O2S2/c14-10-7-8(15)5-6-11(10)17-21(18,19)12-4-2-1-3-9(12)13(16)20/h1-7,17H,(H2,16,20). The highest BCUT2D eigenvalue weighted by atomic mass is 35.5. The first kappa shape index (κ1) is 15.7. The lowest BCUT2D eigenvalue weighted by atomic mass is 10.2. The van der Waals surface area contributed by atoms with Crippen LogP contribution in [0.15, 0.2) is 47.4 Å². The average Bonchev–Trinajstić information content (AvgIpc) is 2.42. The molecule has 0 saturated heterocycles. The Morgan fingerprint density at radius 1 is 1.24 bits per heavy atom. The van der Waals surface area contributed by atoms with E-state index < -0.39 is 15.8 Å². The number of nitrogens with one attached hydrogen (secondary N) is 1. The third-order valence-corrected chi connectivity index (χ3v) is 4.57.